The van der Waals surface area contributed by atoms with Crippen LogP contribution in [-0.2, 0) is 0 Å². The molecule has 0 fully saturated rings. The Morgan fingerprint density at radius 2 is 2.09 bits per heavy atom. The minimum Gasteiger partial charge on any atom is -0.455 e. The van der Waals surface area contributed by atoms with Crippen molar-refractivity contribution in [3.05, 3.63) is 66.2 Å². The van der Waals surface area contributed by atoms with Crippen LogP contribution in [0, 0.1) is 6.92 Å². The molecule has 0 saturated carbocycles. The van der Waals surface area contributed by atoms with Crippen LogP contribution in [0.2, 0.25) is 0 Å². The first-order chi connectivity index (χ1) is 10.7. The van der Waals surface area contributed by atoms with Crippen LogP contribution < -0.4 is 10.5 Å². The van der Waals surface area contributed by atoms with Crippen molar-refractivity contribution in [1.82, 2.24) is 14.6 Å². The highest BCUT2D eigenvalue weighted by molar-refractivity contribution is 5.83. The molecular weight excluding hydrogens is 278 g/mol. The number of imidazole rings is 1. The number of anilines is 1. The quantitative estimate of drug-likeness (QED) is 0.750. The van der Waals surface area contributed by atoms with Crippen molar-refractivity contribution in [1.29, 1.82) is 0 Å². The van der Waals surface area contributed by atoms with Crippen LogP contribution in [-0.4, -0.2) is 20.9 Å². The van der Waals surface area contributed by atoms with Gasteiger partial charge in [-0.15, -0.1) is 0 Å². The Balaban J connectivity index is 1.87. The van der Waals surface area contributed by atoms with E-state index in [0.717, 1.165) is 11.3 Å². The van der Waals surface area contributed by atoms with E-state index < -0.39 is 0 Å². The number of benzene rings is 1. The fourth-order valence-corrected chi connectivity index (χ4v) is 1.94. The van der Waals surface area contributed by atoms with Crippen molar-refractivity contribution in [2.75, 3.05) is 5.73 Å². The summed E-state index contributed by atoms with van der Waals surface area (Å²) in [4.78, 5) is 8.13. The van der Waals surface area contributed by atoms with Gasteiger partial charge in [0.1, 0.15) is 11.5 Å². The molecule has 6 heteroatoms. The minimum absolute atomic E-state index is 0.347. The van der Waals surface area contributed by atoms with E-state index in [-0.39, 0.29) is 0 Å². The largest absolute Gasteiger partial charge is 0.455 e. The van der Waals surface area contributed by atoms with E-state index in [9.17, 15) is 0 Å². The van der Waals surface area contributed by atoms with E-state index >= 15 is 0 Å². The predicted octanol–water partition coefficient (Wildman–Crippen LogP) is 2.84. The number of hydrogen-bond donors (Lipinski definition) is 1. The maximum atomic E-state index is 5.82. The Morgan fingerprint density at radius 1 is 1.23 bits per heavy atom. The van der Waals surface area contributed by atoms with Crippen LogP contribution in [0.25, 0.3) is 0 Å². The molecule has 3 rings (SSSR count). The molecule has 0 spiro atoms. The lowest BCUT2D eigenvalue weighted by Crippen LogP contribution is -1.98. The fourth-order valence-electron chi connectivity index (χ4n) is 1.94. The number of nitrogens with two attached hydrogens (primary N) is 1. The second-order valence-electron chi connectivity index (χ2n) is 4.66. The SMILES string of the molecule is Cc1cn(N=Cc2ccccc2Oc2cccnc2)c(N)n1. The van der Waals surface area contributed by atoms with Gasteiger partial charge in [-0.3, -0.25) is 4.98 Å². The van der Waals surface area contributed by atoms with Crippen LogP contribution in [0.5, 0.6) is 11.5 Å². The number of aryl methyl sites for hydroxylation is 1. The first-order valence-electron chi connectivity index (χ1n) is 6.75. The number of rotatable bonds is 4. The minimum atomic E-state index is 0.347. The van der Waals surface area contributed by atoms with Crippen molar-refractivity contribution in [2.45, 2.75) is 6.92 Å². The molecule has 2 N–H and O–H groups in total. The smallest absolute Gasteiger partial charge is 0.221 e. The van der Waals surface area contributed by atoms with Gasteiger partial charge in [-0.05, 0) is 31.2 Å². The summed E-state index contributed by atoms with van der Waals surface area (Å²) in [6, 6.07) is 11.3. The number of ether oxygens (including phenoxy) is 1. The average Bonchev–Trinajstić information content (AvgIpc) is 2.85. The molecule has 0 aliphatic rings. The molecule has 22 heavy (non-hydrogen) atoms. The number of nitrogen functional groups attached to an aromatic ring is 1. The maximum Gasteiger partial charge on any atom is 0.221 e. The molecule has 2 aromatic heterocycles. The molecule has 110 valence electrons. The lowest BCUT2D eigenvalue weighted by Gasteiger charge is -2.07. The lowest BCUT2D eigenvalue weighted by molar-refractivity contribution is 0.479. The van der Waals surface area contributed by atoms with Gasteiger partial charge in [-0.2, -0.15) is 5.10 Å². The Bertz CT molecular complexity index is 795. The van der Waals surface area contributed by atoms with Crippen molar-refractivity contribution >= 4 is 12.2 Å². The summed E-state index contributed by atoms with van der Waals surface area (Å²) in [6.45, 7) is 1.86. The van der Waals surface area contributed by atoms with Gasteiger partial charge in [-0.25, -0.2) is 9.66 Å². The van der Waals surface area contributed by atoms with Gasteiger partial charge in [0.25, 0.3) is 0 Å². The van der Waals surface area contributed by atoms with Crippen LogP contribution in [0.15, 0.2) is 60.1 Å². The second kappa shape index (κ2) is 6.09. The Labute approximate surface area is 127 Å². The normalized spacial score (nSPS) is 11.0. The molecule has 1 aromatic carbocycles. The summed E-state index contributed by atoms with van der Waals surface area (Å²) in [5.41, 5.74) is 7.41. The summed E-state index contributed by atoms with van der Waals surface area (Å²) in [6.07, 6.45) is 6.80. The fraction of sp³-hybridized carbons (Fsp3) is 0.0625. The summed E-state index contributed by atoms with van der Waals surface area (Å²) in [5.74, 6) is 1.70. The highest BCUT2D eigenvalue weighted by atomic mass is 16.5. The van der Waals surface area contributed by atoms with E-state index in [4.69, 9.17) is 10.5 Å². The lowest BCUT2D eigenvalue weighted by atomic mass is 10.2. The van der Waals surface area contributed by atoms with Crippen LogP contribution in [0.3, 0.4) is 0 Å². The average molecular weight is 293 g/mol. The maximum absolute atomic E-state index is 5.82. The Hall–Kier alpha value is -3.15. The van der Waals surface area contributed by atoms with E-state index in [1.54, 1.807) is 24.8 Å². The van der Waals surface area contributed by atoms with Crippen molar-refractivity contribution in [2.24, 2.45) is 5.10 Å². The van der Waals surface area contributed by atoms with Crippen molar-refractivity contribution in [3.8, 4) is 11.5 Å². The first-order valence-corrected chi connectivity index (χ1v) is 6.75. The molecule has 0 aliphatic heterocycles. The van der Waals surface area contributed by atoms with Crippen molar-refractivity contribution < 1.29 is 4.74 Å². The van der Waals surface area contributed by atoms with Gasteiger partial charge in [0.05, 0.1) is 24.3 Å². The Kier molecular flexibility index (Phi) is 3.82. The zero-order valence-electron chi connectivity index (χ0n) is 12.0. The van der Waals surface area contributed by atoms with E-state index in [1.807, 2.05) is 43.3 Å². The highest BCUT2D eigenvalue weighted by Crippen LogP contribution is 2.23. The zero-order chi connectivity index (χ0) is 15.4. The molecule has 0 bridgehead atoms. The number of aromatic nitrogens is 3. The molecule has 0 aliphatic carbocycles. The summed E-state index contributed by atoms with van der Waals surface area (Å²) in [7, 11) is 0. The summed E-state index contributed by atoms with van der Waals surface area (Å²) in [5, 5.41) is 4.31. The van der Waals surface area contributed by atoms with Crippen molar-refractivity contribution in [3.63, 3.8) is 0 Å². The molecule has 6 nitrogen and oxygen atoms in total. The first kappa shape index (κ1) is 13.8. The van der Waals surface area contributed by atoms with E-state index in [0.29, 0.717) is 17.4 Å². The van der Waals surface area contributed by atoms with Gasteiger partial charge >= 0.3 is 0 Å². The topological polar surface area (TPSA) is 78.3 Å². The number of hydrogen-bond acceptors (Lipinski definition) is 5. The molecule has 0 atom stereocenters. The molecule has 2 heterocycles. The van der Waals surface area contributed by atoms with Gasteiger partial charge in [0.2, 0.25) is 5.95 Å². The van der Waals surface area contributed by atoms with Crippen LogP contribution in [0.4, 0.5) is 5.95 Å². The Morgan fingerprint density at radius 3 is 2.82 bits per heavy atom. The van der Waals surface area contributed by atoms with Gasteiger partial charge < -0.3 is 10.5 Å². The third-order valence-electron chi connectivity index (χ3n) is 2.94. The number of pyridine rings is 1. The molecule has 3 aromatic rings. The van der Waals surface area contributed by atoms with Crippen LogP contribution >= 0.6 is 0 Å². The second-order valence-corrected chi connectivity index (χ2v) is 4.66. The van der Waals surface area contributed by atoms with Crippen LogP contribution in [0.1, 0.15) is 11.3 Å². The number of para-hydroxylation sites is 1. The number of nitrogens with zero attached hydrogens (tertiary/aromatic N) is 4. The van der Waals surface area contributed by atoms with Gasteiger partial charge in [0, 0.05) is 11.8 Å². The van der Waals surface area contributed by atoms with E-state index in [2.05, 4.69) is 15.1 Å². The molecule has 0 amide bonds. The van der Waals surface area contributed by atoms with Gasteiger partial charge in [0.15, 0.2) is 0 Å². The van der Waals surface area contributed by atoms with E-state index in [1.165, 1.54) is 4.68 Å². The molecule has 0 unspecified atom stereocenters. The van der Waals surface area contributed by atoms with Gasteiger partial charge in [-0.1, -0.05) is 12.1 Å². The molecular formula is C16H15N5O. The summed E-state index contributed by atoms with van der Waals surface area (Å²) >= 11 is 0. The monoisotopic (exact) mass is 293 g/mol. The highest BCUT2D eigenvalue weighted by Gasteiger charge is 2.03. The zero-order valence-corrected chi connectivity index (χ0v) is 12.0. The summed E-state index contributed by atoms with van der Waals surface area (Å²) < 4.78 is 7.35. The molecule has 0 radical (unpaired) electrons. The molecule has 0 saturated heterocycles. The standard InChI is InChI=1S/C16H15N5O/c1-12-11-21(16(17)20-12)19-9-13-5-2-3-7-15(13)22-14-6-4-8-18-10-14/h2-11H,1H3,(H2,17,20). The third kappa shape index (κ3) is 3.12. The predicted molar refractivity (Wildman–Crippen MR) is 85.1 cm³/mol. The third-order valence-corrected chi connectivity index (χ3v) is 2.94.